The van der Waals surface area contributed by atoms with Crippen LogP contribution in [0.2, 0.25) is 0 Å². The molecule has 16 N–H and O–H groups in total. The van der Waals surface area contributed by atoms with E-state index in [2.05, 4.69) is 0 Å². The first-order valence-electron chi connectivity index (χ1n) is 27.5. The van der Waals surface area contributed by atoms with E-state index in [-0.39, 0.29) is 22.3 Å². The molecule has 476 valence electrons. The number of aliphatic hydroxyl groups excluding tert-OH is 16. The smallest absolute Gasteiger partial charge is 0.261 e. The summed E-state index contributed by atoms with van der Waals surface area (Å²) in [7, 11) is 0. The van der Waals surface area contributed by atoms with Crippen LogP contribution in [0.3, 0.4) is 0 Å². The van der Waals surface area contributed by atoms with Crippen molar-refractivity contribution in [1.29, 1.82) is 0 Å². The monoisotopic (exact) mass is 1230 g/mol. The van der Waals surface area contributed by atoms with Gasteiger partial charge < -0.3 is 139 Å². The molecule has 24 heterocycles. The highest BCUT2D eigenvalue weighted by Gasteiger charge is 2.60. The summed E-state index contributed by atoms with van der Waals surface area (Å²) in [5.41, 5.74) is -0.196. The minimum Gasteiger partial charge on any atom is -0.394 e. The molecule has 34 nitrogen and oxygen atoms in total. The van der Waals surface area contributed by atoms with E-state index in [0.29, 0.717) is 9.80 Å². The van der Waals surface area contributed by atoms with Crippen molar-refractivity contribution in [1.82, 2.24) is 9.80 Å². The molecule has 2 aromatic rings. The number of hydrogen-bond acceptors (Lipinski definition) is 32. The normalized spacial score (nSPS) is 46.6. The van der Waals surface area contributed by atoms with Gasteiger partial charge in [0.2, 0.25) is 0 Å². The Labute approximate surface area is 484 Å². The van der Waals surface area contributed by atoms with E-state index < -0.39 is 247 Å². The first-order chi connectivity index (χ1) is 41.1. The highest BCUT2D eigenvalue weighted by molar-refractivity contribution is 6.22. The lowest BCUT2D eigenvalue weighted by atomic mass is 9.94. The van der Waals surface area contributed by atoms with Crippen LogP contribution in [0.5, 0.6) is 0 Å². The Bertz CT molecular complexity index is 2610. The molecule has 22 fully saturated rings. The van der Waals surface area contributed by atoms with E-state index in [4.69, 9.17) is 56.8 Å². The van der Waals surface area contributed by atoms with Crippen LogP contribution in [-0.4, -0.2) is 339 Å². The second-order valence-corrected chi connectivity index (χ2v) is 22.0. The standard InChI is InChI=1S/C52H66N2O32/c55-11-21-39-27(61)33(67)49(77-21)81-37-19(9-53-43(71)15-5-1-2-6-16(15)44(53)72)76-48(32(66)26(37)60)84-40-22(12-56)79-51(35(69)29(40)63)86-42-24(14-58)80-52(36(70)30(42)64)85-41-23(13-57)78-50(34(68)28(41)62)82-38-20(75-47(83-39)31(65)25(38)59)10-54-45(73)17-7-3-4-8-18(17)46(54)74/h1-8,19-42,47-52,55-70H,9-14H2/t19-,20-,21-,22-,23-,24-,25-,26-,27-,28-,29-,30-,31-,32-,33-,34-,35-,36-,37-,38-,39-,40-,41-,42-,47-,48-,49-,50-,51-,52-/m1/s1. The molecule has 30 atom stereocenters. The van der Waals surface area contributed by atoms with Crippen molar-refractivity contribution >= 4 is 23.6 Å². The quantitative estimate of drug-likeness (QED) is 0.109. The summed E-state index contributed by atoms with van der Waals surface area (Å²) in [6, 6.07) is 11.3. The van der Waals surface area contributed by atoms with Crippen LogP contribution in [0.25, 0.3) is 0 Å². The van der Waals surface area contributed by atoms with Crippen molar-refractivity contribution < 1.29 is 158 Å². The summed E-state index contributed by atoms with van der Waals surface area (Å²) in [5, 5.41) is 182. The summed E-state index contributed by atoms with van der Waals surface area (Å²) in [4.78, 5) is 56.3. The van der Waals surface area contributed by atoms with Crippen molar-refractivity contribution in [3.8, 4) is 0 Å². The van der Waals surface area contributed by atoms with Gasteiger partial charge in [0, 0.05) is 0 Å². The Hall–Kier alpha value is -4.40. The number of hydrogen-bond donors (Lipinski definition) is 16. The maximum Gasteiger partial charge on any atom is 0.261 e. The molecule has 0 spiro atoms. The Morgan fingerprint density at radius 1 is 0.267 bits per heavy atom. The van der Waals surface area contributed by atoms with Crippen molar-refractivity contribution in [2.75, 3.05) is 39.5 Å². The summed E-state index contributed by atoms with van der Waals surface area (Å²) >= 11 is 0. The van der Waals surface area contributed by atoms with Crippen LogP contribution in [-0.2, 0) is 56.8 Å². The van der Waals surface area contributed by atoms with Crippen LogP contribution >= 0.6 is 0 Å². The van der Waals surface area contributed by atoms with Crippen LogP contribution in [0.4, 0.5) is 0 Å². The zero-order valence-electron chi connectivity index (χ0n) is 44.8. The molecule has 22 saturated heterocycles. The maximum absolute atomic E-state index is 13.7. The summed E-state index contributed by atoms with van der Waals surface area (Å²) in [6.07, 6.45) is -62.8. The van der Waals surface area contributed by atoms with Gasteiger partial charge in [0.25, 0.3) is 23.6 Å². The fourth-order valence-electron chi connectivity index (χ4n) is 12.1. The first kappa shape index (κ1) is 63.2. The number of benzene rings is 2. The molecule has 0 aliphatic carbocycles. The summed E-state index contributed by atoms with van der Waals surface area (Å²) in [6.45, 7) is -6.03. The van der Waals surface area contributed by atoms with E-state index >= 15 is 0 Å². The topological polar surface area (TPSA) is 509 Å². The number of carbonyl (C=O) groups excluding carboxylic acids is 4. The van der Waals surface area contributed by atoms with Gasteiger partial charge in [-0.15, -0.1) is 0 Å². The van der Waals surface area contributed by atoms with Crippen molar-refractivity contribution in [3.63, 3.8) is 0 Å². The fourth-order valence-corrected chi connectivity index (χ4v) is 12.1. The van der Waals surface area contributed by atoms with E-state index in [1.807, 2.05) is 0 Å². The molecular weight excluding hydrogens is 1160 g/mol. The van der Waals surface area contributed by atoms with E-state index in [0.717, 1.165) is 0 Å². The van der Waals surface area contributed by atoms with Gasteiger partial charge >= 0.3 is 0 Å². The molecule has 0 saturated carbocycles. The largest absolute Gasteiger partial charge is 0.394 e. The molecule has 0 unspecified atom stereocenters. The molecule has 4 amide bonds. The lowest BCUT2D eigenvalue weighted by Gasteiger charge is -2.51. The summed E-state index contributed by atoms with van der Waals surface area (Å²) < 4.78 is 70.8. The molecule has 0 aromatic heterocycles. The molecule has 34 heteroatoms. The second-order valence-electron chi connectivity index (χ2n) is 22.0. The number of carbonyl (C=O) groups is 4. The van der Waals surface area contributed by atoms with E-state index in [9.17, 15) is 101 Å². The Morgan fingerprint density at radius 2 is 0.442 bits per heavy atom. The third-order valence-corrected chi connectivity index (χ3v) is 16.8. The minimum atomic E-state index is -2.32. The molecule has 0 radical (unpaired) electrons. The minimum absolute atomic E-state index is 0.0491. The number of ether oxygens (including phenoxy) is 12. The molecule has 2 aromatic carbocycles. The lowest BCUT2D eigenvalue weighted by molar-refractivity contribution is -0.403. The van der Waals surface area contributed by atoms with Crippen molar-refractivity contribution in [2.24, 2.45) is 0 Å². The average molecular weight is 1230 g/mol. The lowest BCUT2D eigenvalue weighted by Crippen LogP contribution is -2.69. The number of rotatable bonds is 8. The highest BCUT2D eigenvalue weighted by Crippen LogP contribution is 2.40. The molecule has 24 aliphatic heterocycles. The molecule has 86 heavy (non-hydrogen) atoms. The zero-order chi connectivity index (χ0) is 61.5. The van der Waals surface area contributed by atoms with Gasteiger partial charge in [-0.2, -0.15) is 0 Å². The number of nitrogens with zero attached hydrogens (tertiary/aromatic N) is 2. The Morgan fingerprint density at radius 3 is 0.628 bits per heavy atom. The maximum atomic E-state index is 13.7. The number of fused-ring (bicyclic) bond motifs is 2. The van der Waals surface area contributed by atoms with Gasteiger partial charge in [0.15, 0.2) is 37.7 Å². The third-order valence-electron chi connectivity index (χ3n) is 16.8. The van der Waals surface area contributed by atoms with Crippen LogP contribution in [0.15, 0.2) is 48.5 Å². The fraction of sp³-hybridized carbons (Fsp3) is 0.692. The van der Waals surface area contributed by atoms with Gasteiger partial charge in [0.05, 0.1) is 61.8 Å². The van der Waals surface area contributed by atoms with Gasteiger partial charge in [-0.3, -0.25) is 29.0 Å². The van der Waals surface area contributed by atoms with Gasteiger partial charge in [-0.1, -0.05) is 24.3 Å². The molecule has 24 aliphatic rings. The van der Waals surface area contributed by atoms with Gasteiger partial charge in [-0.25, -0.2) is 0 Å². The third kappa shape index (κ3) is 11.2. The predicted molar refractivity (Wildman–Crippen MR) is 265 cm³/mol. The van der Waals surface area contributed by atoms with Crippen LogP contribution in [0.1, 0.15) is 41.4 Å². The Kier molecular flexibility index (Phi) is 18.7. The van der Waals surface area contributed by atoms with Crippen molar-refractivity contribution in [2.45, 2.75) is 184 Å². The van der Waals surface area contributed by atoms with Crippen LogP contribution in [0, 0.1) is 0 Å². The van der Waals surface area contributed by atoms with E-state index in [1.54, 1.807) is 0 Å². The van der Waals surface area contributed by atoms with Crippen molar-refractivity contribution in [3.05, 3.63) is 70.8 Å². The molecule has 26 rings (SSSR count). The van der Waals surface area contributed by atoms with E-state index in [1.165, 1.54) is 48.5 Å². The summed E-state index contributed by atoms with van der Waals surface area (Å²) in [5.74, 6) is -3.48. The van der Waals surface area contributed by atoms with Gasteiger partial charge in [-0.05, 0) is 24.3 Å². The van der Waals surface area contributed by atoms with Gasteiger partial charge in [0.1, 0.15) is 146 Å². The molecular formula is C52H66N2O32. The zero-order valence-corrected chi connectivity index (χ0v) is 44.8. The van der Waals surface area contributed by atoms with Crippen LogP contribution < -0.4 is 0 Å². The number of imide groups is 2. The second kappa shape index (κ2) is 25.5. The molecule has 12 bridgehead atoms. The Balaban J connectivity index is 0.936. The number of amides is 4. The average Bonchev–Trinajstić information content (AvgIpc) is 1.60. The SMILES string of the molecule is O=C1c2ccccc2C(=O)N1C[C@H]1O[C@@H]2O[C@H]3[C@H](O)[C@@H](O)[C@@H](O[C@H]4[C@H](O)[C@@H](O)[C@@H](O[C@H]5[C@H](O)[C@@H](O)[C@@H](O[C@H]6[C@H](O)[C@@H](O)[C@@H](O[C@H]7[C@H](O)[C@@H](O)[C@@H](O[C@H]1[C@H](O)[C@H]2O)O[C@@H]7CO)O[C@@H]6CN1C(=O)c2ccccc2C1=O)O[C@@H]5CO)O[C@@H]4CO)O[C@@H]3CO. The highest BCUT2D eigenvalue weighted by atomic mass is 16.8. The predicted octanol–water partition coefficient (Wildman–Crippen LogP) is -10.4. The number of aliphatic hydroxyl groups is 16. The first-order valence-corrected chi connectivity index (χ1v) is 27.5.